The fourth-order valence-corrected chi connectivity index (χ4v) is 5.38. The minimum absolute atomic E-state index is 0.107. The van der Waals surface area contributed by atoms with E-state index in [4.69, 9.17) is 16.3 Å². The van der Waals surface area contributed by atoms with Crippen molar-refractivity contribution in [2.24, 2.45) is 0 Å². The molecule has 2 aliphatic rings. The van der Waals surface area contributed by atoms with Crippen molar-refractivity contribution in [1.29, 1.82) is 0 Å². The second-order valence-electron chi connectivity index (χ2n) is 10.2. The number of phenolic OH excluding ortho intramolecular Hbond substituents is 1. The van der Waals surface area contributed by atoms with E-state index >= 15 is 0 Å². The van der Waals surface area contributed by atoms with E-state index < -0.39 is 17.3 Å². The average molecular weight is 576 g/mol. The smallest absolute Gasteiger partial charge is 0.410 e. The van der Waals surface area contributed by atoms with Gasteiger partial charge in [0.25, 0.3) is 5.91 Å². The Labute approximate surface area is 235 Å². The monoisotopic (exact) mass is 575 g/mol. The summed E-state index contributed by atoms with van der Waals surface area (Å²) in [6, 6.07) is 9.51. The molecule has 0 saturated carbocycles. The van der Waals surface area contributed by atoms with Gasteiger partial charge in [0.05, 0.1) is 28.5 Å². The van der Waals surface area contributed by atoms with Crippen molar-refractivity contribution >= 4 is 34.9 Å². The molecule has 1 atom stereocenters. The zero-order valence-electron chi connectivity index (χ0n) is 21.7. The Balaban J connectivity index is 0.000000292. The van der Waals surface area contributed by atoms with Crippen molar-refractivity contribution < 1.29 is 28.9 Å². The highest BCUT2D eigenvalue weighted by atomic mass is 35.5. The van der Waals surface area contributed by atoms with Gasteiger partial charge in [0.15, 0.2) is 0 Å². The lowest BCUT2D eigenvalue weighted by molar-refractivity contribution is 0.0801. The number of halogens is 2. The Kier molecular flexibility index (Phi) is 9.09. The fraction of sp³-hybridized carbons (Fsp3) is 0.393. The molecule has 2 fully saturated rings. The summed E-state index contributed by atoms with van der Waals surface area (Å²) in [6.07, 6.45) is 3.75. The van der Waals surface area contributed by atoms with Crippen molar-refractivity contribution in [2.75, 3.05) is 13.2 Å². The van der Waals surface area contributed by atoms with E-state index in [0.717, 1.165) is 37.1 Å². The molecule has 3 N–H and O–H groups in total. The van der Waals surface area contributed by atoms with Gasteiger partial charge in [-0.15, -0.1) is 11.3 Å². The van der Waals surface area contributed by atoms with Crippen molar-refractivity contribution in [3.8, 4) is 16.3 Å². The van der Waals surface area contributed by atoms with Gasteiger partial charge in [-0.25, -0.2) is 14.2 Å². The third-order valence-corrected chi connectivity index (χ3v) is 7.53. The number of piperidine rings is 1. The molecule has 0 aliphatic carbocycles. The molecule has 0 radical (unpaired) electrons. The molecule has 3 heterocycles. The number of nitrogens with one attached hydrogen (secondary N) is 1. The number of hydrogen-bond donors (Lipinski definition) is 3. The molecule has 2 amide bonds. The normalized spacial score (nSPS) is 16.7. The minimum atomic E-state index is -0.926. The Hall–Kier alpha value is -3.21. The zero-order chi connectivity index (χ0) is 28.2. The first-order valence-corrected chi connectivity index (χ1v) is 13.9. The molecule has 3 aromatic rings. The van der Waals surface area contributed by atoms with Crippen LogP contribution in [0.15, 0.2) is 41.8 Å². The number of aliphatic hydroxyl groups is 1. The predicted molar refractivity (Wildman–Crippen MR) is 147 cm³/mol. The Bertz CT molecular complexity index is 1330. The van der Waals surface area contributed by atoms with E-state index in [1.54, 1.807) is 43.5 Å². The van der Waals surface area contributed by atoms with Gasteiger partial charge in [-0.1, -0.05) is 23.7 Å². The van der Waals surface area contributed by atoms with Crippen LogP contribution in [0.25, 0.3) is 10.6 Å². The van der Waals surface area contributed by atoms with Crippen LogP contribution >= 0.6 is 22.9 Å². The zero-order valence-corrected chi connectivity index (χ0v) is 23.3. The van der Waals surface area contributed by atoms with Gasteiger partial charge >= 0.3 is 6.09 Å². The average Bonchev–Trinajstić information content (AvgIpc) is 3.50. The van der Waals surface area contributed by atoms with Crippen LogP contribution in [0.5, 0.6) is 5.75 Å². The molecular formula is C28H31ClFN3O5S. The van der Waals surface area contributed by atoms with Crippen LogP contribution in [0, 0.1) is 5.82 Å². The molecule has 1 unspecified atom stereocenters. The summed E-state index contributed by atoms with van der Waals surface area (Å²) >= 11 is 7.05. The highest BCUT2D eigenvalue weighted by Gasteiger charge is 2.34. The van der Waals surface area contributed by atoms with Gasteiger partial charge in [0.2, 0.25) is 0 Å². The topological polar surface area (TPSA) is 112 Å². The lowest BCUT2D eigenvalue weighted by Crippen LogP contribution is -2.37. The lowest BCUT2D eigenvalue weighted by Gasteiger charge is -2.25. The summed E-state index contributed by atoms with van der Waals surface area (Å²) in [5.74, 6) is -1.64. The number of benzene rings is 2. The van der Waals surface area contributed by atoms with Crippen LogP contribution in [0.4, 0.5) is 9.18 Å². The van der Waals surface area contributed by atoms with Crippen LogP contribution in [-0.4, -0.2) is 56.9 Å². The molecule has 8 nitrogen and oxygen atoms in total. The number of rotatable bonds is 6. The van der Waals surface area contributed by atoms with E-state index in [1.807, 2.05) is 4.90 Å². The van der Waals surface area contributed by atoms with Gasteiger partial charge in [-0.05, 0) is 62.9 Å². The Morgan fingerprint density at radius 1 is 1.28 bits per heavy atom. The predicted octanol–water partition coefficient (Wildman–Crippen LogP) is 5.54. The number of phenols is 1. The summed E-state index contributed by atoms with van der Waals surface area (Å²) in [7, 11) is 0. The molecule has 2 aromatic carbocycles. The molecule has 2 saturated heterocycles. The van der Waals surface area contributed by atoms with Crippen molar-refractivity contribution in [3.63, 3.8) is 0 Å². The summed E-state index contributed by atoms with van der Waals surface area (Å²) in [6.45, 7) is 5.06. The minimum Gasteiger partial charge on any atom is -0.507 e. The molecule has 0 bridgehead atoms. The van der Waals surface area contributed by atoms with Crippen LogP contribution < -0.4 is 5.32 Å². The fourth-order valence-electron chi connectivity index (χ4n) is 4.41. The third kappa shape index (κ3) is 7.68. The first kappa shape index (κ1) is 28.8. The number of hydrogen-bond acceptors (Lipinski definition) is 7. The number of ether oxygens (including phenoxy) is 1. The number of nitrogens with zero attached hydrogens (tertiary/aromatic N) is 2. The van der Waals surface area contributed by atoms with E-state index in [0.29, 0.717) is 34.8 Å². The second kappa shape index (κ2) is 12.3. The van der Waals surface area contributed by atoms with Gasteiger partial charge in [-0.3, -0.25) is 4.79 Å². The second-order valence-corrected chi connectivity index (χ2v) is 11.5. The maximum Gasteiger partial charge on any atom is 0.410 e. The van der Waals surface area contributed by atoms with E-state index in [-0.39, 0.29) is 29.5 Å². The molecule has 5 rings (SSSR count). The number of aromatic hydroxyl groups is 1. The maximum atomic E-state index is 14.6. The number of cyclic esters (lactones) is 1. The quantitative estimate of drug-likeness (QED) is 0.356. The molecule has 39 heavy (non-hydrogen) atoms. The van der Waals surface area contributed by atoms with Gasteiger partial charge in [-0.2, -0.15) is 0 Å². The first-order chi connectivity index (χ1) is 18.5. The third-order valence-electron chi connectivity index (χ3n) is 6.35. The number of fused-ring (bicyclic) bond motifs is 1. The first-order valence-electron chi connectivity index (χ1n) is 12.7. The van der Waals surface area contributed by atoms with Crippen molar-refractivity contribution in [3.05, 3.63) is 69.4 Å². The molecule has 2 aliphatic heterocycles. The largest absolute Gasteiger partial charge is 0.507 e. The molecule has 0 spiro atoms. The number of thiazole rings is 1. The summed E-state index contributed by atoms with van der Waals surface area (Å²) in [5.41, 5.74) is 0.468. The lowest BCUT2D eigenvalue weighted by atomic mass is 10.0. The Morgan fingerprint density at radius 2 is 2.03 bits per heavy atom. The van der Waals surface area contributed by atoms with Gasteiger partial charge < -0.3 is 25.2 Å². The van der Waals surface area contributed by atoms with E-state index in [1.165, 1.54) is 17.8 Å². The van der Waals surface area contributed by atoms with Gasteiger partial charge in [0.1, 0.15) is 23.2 Å². The number of aromatic nitrogens is 1. The molecule has 11 heteroatoms. The standard InChI is InChI=1S/C21H20ClFN2O3S.C7H11NO2/c1-21(2,28)9-14-11-29-20(25-14)16-7-17(23)15(8-18(16)26)19(27)24-10-12-3-5-13(22)6-4-12;9-7-8-4-2-1-3-6(8)5-10-7/h3-8,11,26,28H,9-10H2,1-2H3,(H,24,27);6H,1-5H2. The van der Waals surface area contributed by atoms with Gasteiger partial charge in [0, 0.05) is 29.9 Å². The van der Waals surface area contributed by atoms with Crippen molar-refractivity contribution in [1.82, 2.24) is 15.2 Å². The molecule has 208 valence electrons. The molecule has 1 aromatic heterocycles. The van der Waals surface area contributed by atoms with Crippen LogP contribution in [-0.2, 0) is 17.7 Å². The summed E-state index contributed by atoms with van der Waals surface area (Å²) in [5, 5.41) is 25.6. The Morgan fingerprint density at radius 3 is 2.72 bits per heavy atom. The van der Waals surface area contributed by atoms with E-state index in [2.05, 4.69) is 10.3 Å². The number of carbonyl (C=O) groups excluding carboxylic acids is 2. The highest BCUT2D eigenvalue weighted by molar-refractivity contribution is 7.13. The summed E-state index contributed by atoms with van der Waals surface area (Å²) in [4.78, 5) is 29.4. The number of carbonyl (C=O) groups is 2. The van der Waals surface area contributed by atoms with Crippen molar-refractivity contribution in [2.45, 2.75) is 57.7 Å². The summed E-state index contributed by atoms with van der Waals surface area (Å²) < 4.78 is 19.5. The number of amides is 2. The molecular weight excluding hydrogens is 545 g/mol. The van der Waals surface area contributed by atoms with Crippen LogP contribution in [0.3, 0.4) is 0 Å². The van der Waals surface area contributed by atoms with Crippen LogP contribution in [0.2, 0.25) is 5.02 Å². The maximum absolute atomic E-state index is 14.6. The highest BCUT2D eigenvalue weighted by Crippen LogP contribution is 2.34. The SMILES string of the molecule is CC(C)(O)Cc1csc(-c2cc(F)c(C(=O)NCc3ccc(Cl)cc3)cc2O)n1.O=C1OCC2CCCCN12. The van der Waals surface area contributed by atoms with Crippen LogP contribution in [0.1, 0.15) is 54.7 Å². The van der Waals surface area contributed by atoms with E-state index in [9.17, 15) is 24.2 Å².